The summed E-state index contributed by atoms with van der Waals surface area (Å²) in [7, 11) is 0. The van der Waals surface area contributed by atoms with Crippen LogP contribution in [0.2, 0.25) is 10.0 Å². The largest absolute Gasteiger partial charge is 0.366 e. The Morgan fingerprint density at radius 1 is 0.824 bits per heavy atom. The number of carbonyl (C=O) groups is 1. The second-order valence-corrected chi connectivity index (χ2v) is 8.65. The maximum absolute atomic E-state index is 14.6. The number of rotatable bonds is 4. The number of benzene rings is 4. The molecule has 0 saturated carbocycles. The molecule has 3 nitrogen and oxygen atoms in total. The molecular formula is C26H15Cl2F3N2O. The van der Waals surface area contributed by atoms with Crippen molar-refractivity contribution in [1.29, 1.82) is 0 Å². The molecule has 0 radical (unpaired) electrons. The molecule has 0 fully saturated rings. The van der Waals surface area contributed by atoms with Crippen molar-refractivity contribution in [1.82, 2.24) is 4.57 Å². The summed E-state index contributed by atoms with van der Waals surface area (Å²) in [5.41, 5.74) is 8.35. The van der Waals surface area contributed by atoms with Gasteiger partial charge < -0.3 is 10.3 Å². The van der Waals surface area contributed by atoms with Crippen LogP contribution in [-0.4, -0.2) is 10.5 Å². The van der Waals surface area contributed by atoms with E-state index in [9.17, 15) is 18.0 Å². The maximum Gasteiger partial charge on any atom is 0.249 e. The van der Waals surface area contributed by atoms with Gasteiger partial charge in [-0.3, -0.25) is 4.79 Å². The third kappa shape index (κ3) is 3.59. The Labute approximate surface area is 202 Å². The Balaban J connectivity index is 1.84. The molecule has 34 heavy (non-hydrogen) atoms. The number of primary amides is 1. The molecule has 0 spiro atoms. The SMILES string of the molecule is NC(=O)c1cccc2c1c1ccc(-c3c(Cl)cccc3Cl)cc1n2Cc1cc(F)c(F)cc1F. The van der Waals surface area contributed by atoms with Crippen LogP contribution >= 0.6 is 23.2 Å². The Morgan fingerprint density at radius 3 is 2.21 bits per heavy atom. The summed E-state index contributed by atoms with van der Waals surface area (Å²) in [6.07, 6.45) is 0. The minimum atomic E-state index is -1.27. The predicted molar refractivity (Wildman–Crippen MR) is 129 cm³/mol. The number of halogens is 5. The van der Waals surface area contributed by atoms with Crippen molar-refractivity contribution in [2.75, 3.05) is 0 Å². The van der Waals surface area contributed by atoms with Gasteiger partial charge in [0.05, 0.1) is 17.6 Å². The monoisotopic (exact) mass is 498 g/mol. The van der Waals surface area contributed by atoms with Crippen molar-refractivity contribution in [3.63, 3.8) is 0 Å². The lowest BCUT2D eigenvalue weighted by atomic mass is 10.0. The first-order valence-corrected chi connectivity index (χ1v) is 10.9. The quantitative estimate of drug-likeness (QED) is 0.259. The van der Waals surface area contributed by atoms with Gasteiger partial charge in [0.15, 0.2) is 11.6 Å². The van der Waals surface area contributed by atoms with Crippen LogP contribution in [0.15, 0.2) is 66.7 Å². The first-order chi connectivity index (χ1) is 16.3. The molecule has 1 heterocycles. The highest BCUT2D eigenvalue weighted by atomic mass is 35.5. The summed E-state index contributed by atoms with van der Waals surface area (Å²) >= 11 is 12.8. The zero-order valence-corrected chi connectivity index (χ0v) is 18.9. The van der Waals surface area contributed by atoms with E-state index >= 15 is 0 Å². The van der Waals surface area contributed by atoms with Gasteiger partial charge in [-0.1, -0.05) is 47.5 Å². The fourth-order valence-corrected chi connectivity index (χ4v) is 4.92. The third-order valence-electron chi connectivity index (χ3n) is 5.83. The summed E-state index contributed by atoms with van der Waals surface area (Å²) in [6.45, 7) is -0.120. The summed E-state index contributed by atoms with van der Waals surface area (Å²) in [6, 6.07) is 16.9. The minimum Gasteiger partial charge on any atom is -0.366 e. The van der Waals surface area contributed by atoms with Crippen LogP contribution in [0, 0.1) is 17.5 Å². The number of aromatic nitrogens is 1. The highest BCUT2D eigenvalue weighted by molar-refractivity contribution is 6.39. The van der Waals surface area contributed by atoms with Crippen molar-refractivity contribution in [3.8, 4) is 11.1 Å². The number of nitrogens with two attached hydrogens (primary N) is 1. The number of fused-ring (bicyclic) bond motifs is 3. The standard InChI is InChI=1S/C26H15Cl2F3N2O/c27-17-4-2-5-18(28)24(17)13-7-8-15-23(10-13)33(12-14-9-20(30)21(31)11-19(14)29)22-6-1-3-16(25(15)22)26(32)34/h1-11H,12H2,(H2,32,34). The van der Waals surface area contributed by atoms with Crippen molar-refractivity contribution >= 4 is 50.9 Å². The molecule has 0 aliphatic carbocycles. The third-order valence-corrected chi connectivity index (χ3v) is 6.46. The molecule has 0 aliphatic heterocycles. The topological polar surface area (TPSA) is 48.0 Å². The molecule has 4 aromatic carbocycles. The second-order valence-electron chi connectivity index (χ2n) is 7.84. The van der Waals surface area contributed by atoms with Crippen LogP contribution in [0.1, 0.15) is 15.9 Å². The molecule has 170 valence electrons. The van der Waals surface area contributed by atoms with Gasteiger partial charge in [0.1, 0.15) is 5.82 Å². The van der Waals surface area contributed by atoms with E-state index in [1.54, 1.807) is 47.0 Å². The molecule has 0 bridgehead atoms. The Kier molecular flexibility index (Phi) is 5.50. The van der Waals surface area contributed by atoms with Gasteiger partial charge in [0, 0.05) is 43.6 Å². The van der Waals surface area contributed by atoms with Crippen molar-refractivity contribution in [2.45, 2.75) is 6.54 Å². The zero-order chi connectivity index (χ0) is 24.1. The Bertz CT molecular complexity index is 1610. The lowest BCUT2D eigenvalue weighted by Gasteiger charge is -2.11. The lowest BCUT2D eigenvalue weighted by Crippen LogP contribution is -2.11. The Hall–Kier alpha value is -3.48. The molecule has 1 aromatic heterocycles. The van der Waals surface area contributed by atoms with Gasteiger partial charge >= 0.3 is 0 Å². The molecule has 0 atom stereocenters. The van der Waals surface area contributed by atoms with Crippen LogP contribution in [0.5, 0.6) is 0 Å². The Morgan fingerprint density at radius 2 is 1.50 bits per heavy atom. The first kappa shape index (κ1) is 22.3. The maximum atomic E-state index is 14.6. The van der Waals surface area contributed by atoms with E-state index in [1.165, 1.54) is 0 Å². The van der Waals surface area contributed by atoms with Gasteiger partial charge in [-0.05, 0) is 42.0 Å². The van der Waals surface area contributed by atoms with E-state index in [2.05, 4.69) is 0 Å². The van der Waals surface area contributed by atoms with E-state index in [0.29, 0.717) is 49.0 Å². The fraction of sp³-hybridized carbons (Fsp3) is 0.0385. The van der Waals surface area contributed by atoms with Crippen molar-refractivity contribution < 1.29 is 18.0 Å². The molecule has 0 aliphatic rings. The number of nitrogens with zero attached hydrogens (tertiary/aromatic N) is 1. The van der Waals surface area contributed by atoms with E-state index in [4.69, 9.17) is 28.9 Å². The van der Waals surface area contributed by atoms with Crippen LogP contribution < -0.4 is 5.73 Å². The fourth-order valence-electron chi connectivity index (χ4n) is 4.30. The summed E-state index contributed by atoms with van der Waals surface area (Å²) in [4.78, 5) is 12.2. The number of hydrogen-bond donors (Lipinski definition) is 1. The molecule has 2 N–H and O–H groups in total. The molecule has 8 heteroatoms. The van der Waals surface area contributed by atoms with Crippen molar-refractivity contribution in [3.05, 3.63) is 105 Å². The van der Waals surface area contributed by atoms with Crippen LogP contribution in [0.25, 0.3) is 32.9 Å². The van der Waals surface area contributed by atoms with Crippen LogP contribution in [-0.2, 0) is 6.54 Å². The molecule has 0 unspecified atom stereocenters. The van der Waals surface area contributed by atoms with Gasteiger partial charge in [0.2, 0.25) is 5.91 Å². The molecular weight excluding hydrogens is 484 g/mol. The predicted octanol–water partition coefficient (Wildman–Crippen LogP) is 7.33. The van der Waals surface area contributed by atoms with Gasteiger partial charge in [-0.15, -0.1) is 0 Å². The zero-order valence-electron chi connectivity index (χ0n) is 17.4. The highest BCUT2D eigenvalue weighted by Crippen LogP contribution is 2.39. The molecule has 5 aromatic rings. The highest BCUT2D eigenvalue weighted by Gasteiger charge is 2.20. The van der Waals surface area contributed by atoms with E-state index < -0.39 is 23.4 Å². The van der Waals surface area contributed by atoms with Gasteiger partial charge in [-0.25, -0.2) is 13.2 Å². The second kappa shape index (κ2) is 8.38. The lowest BCUT2D eigenvalue weighted by molar-refractivity contribution is 0.100. The summed E-state index contributed by atoms with van der Waals surface area (Å²) in [5.74, 6) is -3.93. The van der Waals surface area contributed by atoms with E-state index in [-0.39, 0.29) is 17.7 Å². The molecule has 1 amide bonds. The minimum absolute atomic E-state index is 0.0524. The van der Waals surface area contributed by atoms with Crippen LogP contribution in [0.3, 0.4) is 0 Å². The van der Waals surface area contributed by atoms with E-state index in [0.717, 1.165) is 6.07 Å². The van der Waals surface area contributed by atoms with E-state index in [1.807, 2.05) is 12.1 Å². The molecule has 0 saturated heterocycles. The normalized spacial score (nSPS) is 11.4. The van der Waals surface area contributed by atoms with Gasteiger partial charge in [-0.2, -0.15) is 0 Å². The average Bonchev–Trinajstić information content (AvgIpc) is 3.10. The van der Waals surface area contributed by atoms with Crippen LogP contribution in [0.4, 0.5) is 13.2 Å². The average molecular weight is 499 g/mol. The molecule has 5 rings (SSSR count). The number of carbonyl (C=O) groups excluding carboxylic acids is 1. The number of hydrogen-bond acceptors (Lipinski definition) is 1. The van der Waals surface area contributed by atoms with Crippen molar-refractivity contribution in [2.24, 2.45) is 5.73 Å². The smallest absolute Gasteiger partial charge is 0.249 e. The number of amides is 1. The first-order valence-electron chi connectivity index (χ1n) is 10.2. The van der Waals surface area contributed by atoms with Gasteiger partial charge in [0.25, 0.3) is 0 Å². The summed E-state index contributed by atoms with van der Waals surface area (Å²) < 4.78 is 43.7. The summed E-state index contributed by atoms with van der Waals surface area (Å²) in [5, 5.41) is 2.14.